The number of anilines is 2. The molecule has 1 aromatic rings. The summed E-state index contributed by atoms with van der Waals surface area (Å²) in [5, 5.41) is 9.72. The van der Waals surface area contributed by atoms with Crippen molar-refractivity contribution in [2.75, 3.05) is 30.3 Å². The van der Waals surface area contributed by atoms with E-state index in [1.807, 2.05) is 32.9 Å². The van der Waals surface area contributed by atoms with Crippen LogP contribution in [-0.2, 0) is 4.79 Å². The molecule has 3 N–H and O–H groups in total. The van der Waals surface area contributed by atoms with E-state index in [4.69, 9.17) is 0 Å². The summed E-state index contributed by atoms with van der Waals surface area (Å²) < 4.78 is 0. The molecule has 0 aliphatic carbocycles. The van der Waals surface area contributed by atoms with Crippen LogP contribution in [0.15, 0.2) is 18.3 Å². The maximum absolute atomic E-state index is 12.0. The summed E-state index contributed by atoms with van der Waals surface area (Å²) in [5.74, 6) is 2.53. The van der Waals surface area contributed by atoms with Gasteiger partial charge in [-0.2, -0.15) is 0 Å². The molecule has 1 amide bonds. The van der Waals surface area contributed by atoms with E-state index in [2.05, 4.69) is 27.9 Å². The van der Waals surface area contributed by atoms with Crippen LogP contribution in [0.4, 0.5) is 11.5 Å². The lowest BCUT2D eigenvalue weighted by atomic mass is 9.89. The summed E-state index contributed by atoms with van der Waals surface area (Å²) in [6.45, 7) is 11.4. The van der Waals surface area contributed by atoms with Gasteiger partial charge in [0.25, 0.3) is 0 Å². The number of aromatic nitrogens is 1. The van der Waals surface area contributed by atoms with Crippen molar-refractivity contribution in [1.82, 2.24) is 10.3 Å². The minimum atomic E-state index is -0.402. The first kappa shape index (κ1) is 20.7. The Hall–Kier alpha value is -1.62. The number of pyridine rings is 1. The van der Waals surface area contributed by atoms with E-state index in [1.165, 1.54) is 38.8 Å². The molecule has 2 heterocycles. The first-order valence-corrected chi connectivity index (χ1v) is 10.1. The minimum Gasteiger partial charge on any atom is -0.370 e. The molecule has 1 fully saturated rings. The number of carbonyl (C=O) groups excluding carboxylic acids is 1. The third-order valence-electron chi connectivity index (χ3n) is 5.17. The predicted molar refractivity (Wildman–Crippen MR) is 109 cm³/mol. The zero-order valence-corrected chi connectivity index (χ0v) is 16.9. The van der Waals surface area contributed by atoms with Gasteiger partial charge in [0.1, 0.15) is 5.82 Å². The topological polar surface area (TPSA) is 66.0 Å². The highest BCUT2D eigenvalue weighted by Crippen LogP contribution is 2.22. The number of nitrogens with zero attached hydrogens (tertiary/aromatic N) is 1. The second-order valence-corrected chi connectivity index (χ2v) is 8.73. The molecule has 0 unspecified atom stereocenters. The summed E-state index contributed by atoms with van der Waals surface area (Å²) in [7, 11) is 0. The van der Waals surface area contributed by atoms with Crippen molar-refractivity contribution in [3.05, 3.63) is 18.3 Å². The number of rotatable bonds is 8. The molecule has 146 valence electrons. The molecule has 0 spiro atoms. The highest BCUT2D eigenvalue weighted by molar-refractivity contribution is 5.94. The van der Waals surface area contributed by atoms with Crippen LogP contribution in [0.5, 0.6) is 0 Å². The predicted octanol–water partition coefficient (Wildman–Crippen LogP) is 4.28. The van der Waals surface area contributed by atoms with Crippen LogP contribution in [0.1, 0.15) is 59.8 Å². The number of amides is 1. The molecule has 2 rings (SSSR count). The maximum Gasteiger partial charge on any atom is 0.229 e. The van der Waals surface area contributed by atoms with Crippen molar-refractivity contribution in [3.63, 3.8) is 0 Å². The molecule has 5 nitrogen and oxygen atoms in total. The maximum atomic E-state index is 12.0. The molecule has 1 aliphatic rings. The van der Waals surface area contributed by atoms with Crippen molar-refractivity contribution >= 4 is 17.4 Å². The lowest BCUT2D eigenvalue weighted by molar-refractivity contribution is -0.123. The van der Waals surface area contributed by atoms with Gasteiger partial charge in [-0.15, -0.1) is 0 Å². The molecule has 1 atom stereocenters. The van der Waals surface area contributed by atoms with Gasteiger partial charge in [0.15, 0.2) is 0 Å². The number of piperidine rings is 1. The van der Waals surface area contributed by atoms with Gasteiger partial charge in [0.05, 0.1) is 11.9 Å². The Morgan fingerprint density at radius 2 is 2.00 bits per heavy atom. The third kappa shape index (κ3) is 7.32. The fourth-order valence-corrected chi connectivity index (χ4v) is 3.17. The van der Waals surface area contributed by atoms with Gasteiger partial charge in [-0.3, -0.25) is 4.79 Å². The largest absolute Gasteiger partial charge is 0.370 e. The van der Waals surface area contributed by atoms with Gasteiger partial charge in [0, 0.05) is 12.0 Å². The van der Waals surface area contributed by atoms with Crippen molar-refractivity contribution in [2.24, 2.45) is 17.3 Å². The van der Waals surface area contributed by atoms with Crippen LogP contribution < -0.4 is 16.0 Å². The molecule has 26 heavy (non-hydrogen) atoms. The summed E-state index contributed by atoms with van der Waals surface area (Å²) in [6.07, 6.45) is 8.24. The van der Waals surface area contributed by atoms with Gasteiger partial charge in [-0.25, -0.2) is 4.98 Å². The Bertz CT molecular complexity index is 544. The number of hydrogen-bond donors (Lipinski definition) is 3. The Labute approximate surface area is 158 Å². The Morgan fingerprint density at radius 1 is 1.27 bits per heavy atom. The first-order valence-electron chi connectivity index (χ1n) is 10.1. The average molecular weight is 361 g/mol. The van der Waals surface area contributed by atoms with Gasteiger partial charge in [0.2, 0.25) is 5.91 Å². The van der Waals surface area contributed by atoms with Gasteiger partial charge < -0.3 is 16.0 Å². The molecule has 1 aliphatic heterocycles. The molecule has 0 saturated carbocycles. The molecule has 0 aromatic carbocycles. The van der Waals surface area contributed by atoms with E-state index in [0.717, 1.165) is 36.3 Å². The normalized spacial score (nSPS) is 16.9. The van der Waals surface area contributed by atoms with Crippen molar-refractivity contribution in [3.8, 4) is 0 Å². The molecule has 1 saturated heterocycles. The zero-order chi connectivity index (χ0) is 19.0. The van der Waals surface area contributed by atoms with E-state index < -0.39 is 5.41 Å². The van der Waals surface area contributed by atoms with Gasteiger partial charge in [-0.1, -0.05) is 40.5 Å². The van der Waals surface area contributed by atoms with Crippen LogP contribution in [0.2, 0.25) is 0 Å². The second kappa shape index (κ2) is 9.91. The smallest absolute Gasteiger partial charge is 0.229 e. The standard InChI is InChI=1S/C21H36N4O/c1-16(5-6-17-10-12-22-13-11-17)9-14-23-19-8-7-18(15-24-19)25-20(26)21(2,3)4/h7-8,15-17,22H,5-6,9-14H2,1-4H3,(H,23,24)(H,25,26)/t16-/m0/s1. The van der Waals surface area contributed by atoms with Crippen LogP contribution in [0, 0.1) is 17.3 Å². The fraction of sp³-hybridized carbons (Fsp3) is 0.714. The van der Waals surface area contributed by atoms with Crippen molar-refractivity contribution < 1.29 is 4.79 Å². The van der Waals surface area contributed by atoms with E-state index in [-0.39, 0.29) is 5.91 Å². The first-order chi connectivity index (χ1) is 12.3. The van der Waals surface area contributed by atoms with Crippen LogP contribution in [0.25, 0.3) is 0 Å². The monoisotopic (exact) mass is 360 g/mol. The third-order valence-corrected chi connectivity index (χ3v) is 5.17. The molecule has 5 heteroatoms. The fourth-order valence-electron chi connectivity index (χ4n) is 3.17. The zero-order valence-electron chi connectivity index (χ0n) is 16.9. The summed E-state index contributed by atoms with van der Waals surface area (Å²) in [4.78, 5) is 16.4. The summed E-state index contributed by atoms with van der Waals surface area (Å²) in [6, 6.07) is 3.83. The van der Waals surface area contributed by atoms with Gasteiger partial charge >= 0.3 is 0 Å². The van der Waals surface area contributed by atoms with Crippen LogP contribution in [-0.4, -0.2) is 30.5 Å². The summed E-state index contributed by atoms with van der Waals surface area (Å²) >= 11 is 0. The molecular weight excluding hydrogens is 324 g/mol. The molecule has 0 radical (unpaired) electrons. The number of hydrogen-bond acceptors (Lipinski definition) is 4. The van der Waals surface area contributed by atoms with E-state index in [1.54, 1.807) is 6.20 Å². The van der Waals surface area contributed by atoms with E-state index >= 15 is 0 Å². The second-order valence-electron chi connectivity index (χ2n) is 8.73. The van der Waals surface area contributed by atoms with Crippen LogP contribution in [0.3, 0.4) is 0 Å². The minimum absolute atomic E-state index is 0.00239. The Kier molecular flexibility index (Phi) is 7.88. The molecular formula is C21H36N4O. The van der Waals surface area contributed by atoms with E-state index in [0.29, 0.717) is 0 Å². The molecule has 1 aromatic heterocycles. The lowest BCUT2D eigenvalue weighted by Gasteiger charge is -2.23. The van der Waals surface area contributed by atoms with Crippen LogP contribution >= 0.6 is 0 Å². The van der Waals surface area contributed by atoms with Crippen molar-refractivity contribution in [1.29, 1.82) is 0 Å². The Morgan fingerprint density at radius 3 is 2.62 bits per heavy atom. The highest BCUT2D eigenvalue weighted by Gasteiger charge is 2.21. The SMILES string of the molecule is C[C@H](CCNc1ccc(NC(=O)C(C)(C)C)cn1)CCC1CCNCC1. The number of nitrogens with one attached hydrogen (secondary N) is 3. The summed E-state index contributed by atoms with van der Waals surface area (Å²) in [5.41, 5.74) is 0.340. The van der Waals surface area contributed by atoms with E-state index in [9.17, 15) is 4.79 Å². The highest BCUT2D eigenvalue weighted by atomic mass is 16.2. The van der Waals surface area contributed by atoms with Gasteiger partial charge in [-0.05, 0) is 56.3 Å². The average Bonchev–Trinajstić information content (AvgIpc) is 2.61. The lowest BCUT2D eigenvalue weighted by Crippen LogP contribution is -2.27. The Balaban J connectivity index is 1.65. The molecule has 0 bridgehead atoms. The quantitative estimate of drug-likeness (QED) is 0.647. The van der Waals surface area contributed by atoms with Crippen molar-refractivity contribution in [2.45, 2.75) is 59.8 Å². The number of carbonyl (C=O) groups is 1.